The number of halogens is 1. The molecular weight excluding hydrogens is 283 g/mol. The van der Waals surface area contributed by atoms with Crippen LogP contribution in [0.1, 0.15) is 16.1 Å². The van der Waals surface area contributed by atoms with Crippen molar-refractivity contribution in [3.05, 3.63) is 65.7 Å². The topological polar surface area (TPSA) is 78.7 Å². The Labute approximate surface area is 125 Å². The quantitative estimate of drug-likeness (QED) is 0.787. The average Bonchev–Trinajstić information content (AvgIpc) is 2.54. The predicted octanol–water partition coefficient (Wildman–Crippen LogP) is 2.89. The summed E-state index contributed by atoms with van der Waals surface area (Å²) in [5.41, 5.74) is 1.22. The Morgan fingerprint density at radius 2 is 1.91 bits per heavy atom. The van der Waals surface area contributed by atoms with Gasteiger partial charge in [-0.15, -0.1) is 0 Å². The normalized spacial score (nSPS) is 10.2. The summed E-state index contributed by atoms with van der Waals surface area (Å²) in [5, 5.41) is 11.4. The standard InChI is InChI=1S/C16H9FN4O/c17-11-4-3-7-12(10(11)8-18)21-16(22)15-9-19-13-5-1-2-6-14(13)20-15/h1-7,9H,(H,21,22). The van der Waals surface area contributed by atoms with Gasteiger partial charge in [-0.3, -0.25) is 9.78 Å². The molecule has 6 heteroatoms. The van der Waals surface area contributed by atoms with Crippen LogP contribution in [0.25, 0.3) is 11.0 Å². The fourth-order valence-corrected chi connectivity index (χ4v) is 1.99. The number of carbonyl (C=O) groups excluding carboxylic acids is 1. The van der Waals surface area contributed by atoms with Gasteiger partial charge < -0.3 is 5.32 Å². The molecule has 0 unspecified atom stereocenters. The van der Waals surface area contributed by atoms with Crippen LogP contribution in [0.4, 0.5) is 10.1 Å². The first-order valence-electron chi connectivity index (χ1n) is 6.41. The minimum atomic E-state index is -0.690. The van der Waals surface area contributed by atoms with Gasteiger partial charge in [0.25, 0.3) is 5.91 Å². The fraction of sp³-hybridized carbons (Fsp3) is 0. The number of amides is 1. The molecule has 5 nitrogen and oxygen atoms in total. The smallest absolute Gasteiger partial charge is 0.275 e. The summed E-state index contributed by atoms with van der Waals surface area (Å²) < 4.78 is 13.5. The summed E-state index contributed by atoms with van der Waals surface area (Å²) in [6, 6.07) is 12.9. The van der Waals surface area contributed by atoms with Gasteiger partial charge in [-0.25, -0.2) is 9.37 Å². The molecular formula is C16H9FN4O. The third-order valence-electron chi connectivity index (χ3n) is 3.05. The molecule has 0 spiro atoms. The number of carbonyl (C=O) groups is 1. The van der Waals surface area contributed by atoms with Crippen LogP contribution < -0.4 is 5.32 Å². The molecule has 0 aliphatic heterocycles. The van der Waals surface area contributed by atoms with Crippen molar-refractivity contribution in [2.24, 2.45) is 0 Å². The SMILES string of the molecule is N#Cc1c(F)cccc1NC(=O)c1cnc2ccccc2n1. The van der Waals surface area contributed by atoms with Crippen LogP contribution in [0.15, 0.2) is 48.7 Å². The van der Waals surface area contributed by atoms with Crippen LogP contribution in [0.2, 0.25) is 0 Å². The lowest BCUT2D eigenvalue weighted by Gasteiger charge is -2.07. The van der Waals surface area contributed by atoms with Crippen LogP contribution in [-0.2, 0) is 0 Å². The second kappa shape index (κ2) is 5.58. The zero-order chi connectivity index (χ0) is 15.5. The highest BCUT2D eigenvalue weighted by Crippen LogP contribution is 2.18. The molecule has 3 rings (SSSR count). The van der Waals surface area contributed by atoms with Gasteiger partial charge in [0.1, 0.15) is 23.1 Å². The van der Waals surface area contributed by atoms with Crippen molar-refractivity contribution in [2.75, 3.05) is 5.32 Å². The number of hydrogen-bond acceptors (Lipinski definition) is 4. The zero-order valence-electron chi connectivity index (χ0n) is 11.2. The van der Waals surface area contributed by atoms with Gasteiger partial charge in [0.2, 0.25) is 0 Å². The van der Waals surface area contributed by atoms with Crippen LogP contribution in [0.3, 0.4) is 0 Å². The van der Waals surface area contributed by atoms with Crippen molar-refractivity contribution >= 4 is 22.6 Å². The third-order valence-corrected chi connectivity index (χ3v) is 3.05. The Kier molecular flexibility index (Phi) is 3.46. The Balaban J connectivity index is 1.94. The number of anilines is 1. The highest BCUT2D eigenvalue weighted by atomic mass is 19.1. The Morgan fingerprint density at radius 3 is 2.68 bits per heavy atom. The highest BCUT2D eigenvalue weighted by molar-refractivity contribution is 6.04. The number of aromatic nitrogens is 2. The van der Waals surface area contributed by atoms with Crippen LogP contribution in [0, 0.1) is 17.1 Å². The number of benzene rings is 2. The molecule has 2 aromatic carbocycles. The average molecular weight is 292 g/mol. The summed E-state index contributed by atoms with van der Waals surface area (Å²) in [4.78, 5) is 20.5. The zero-order valence-corrected chi connectivity index (χ0v) is 11.2. The van der Waals surface area contributed by atoms with E-state index in [2.05, 4.69) is 15.3 Å². The van der Waals surface area contributed by atoms with E-state index >= 15 is 0 Å². The molecule has 0 radical (unpaired) electrons. The number of nitriles is 1. The molecule has 1 heterocycles. The molecule has 0 fully saturated rings. The summed E-state index contributed by atoms with van der Waals surface area (Å²) in [6.45, 7) is 0. The van der Waals surface area contributed by atoms with E-state index in [0.29, 0.717) is 11.0 Å². The molecule has 0 bridgehead atoms. The van der Waals surface area contributed by atoms with Gasteiger partial charge in [0, 0.05) is 0 Å². The summed E-state index contributed by atoms with van der Waals surface area (Å²) in [6.07, 6.45) is 1.34. The van der Waals surface area contributed by atoms with Gasteiger partial charge in [0.05, 0.1) is 22.9 Å². The minimum Gasteiger partial charge on any atom is -0.319 e. The second-order valence-electron chi connectivity index (χ2n) is 4.47. The van der Waals surface area contributed by atoms with E-state index < -0.39 is 11.7 Å². The number of rotatable bonds is 2. The van der Waals surface area contributed by atoms with Crippen molar-refractivity contribution < 1.29 is 9.18 Å². The summed E-state index contributed by atoms with van der Waals surface area (Å²) in [7, 11) is 0. The lowest BCUT2D eigenvalue weighted by Crippen LogP contribution is -2.15. The second-order valence-corrected chi connectivity index (χ2v) is 4.47. The van der Waals surface area contributed by atoms with E-state index in [1.54, 1.807) is 24.3 Å². The van der Waals surface area contributed by atoms with E-state index in [-0.39, 0.29) is 16.9 Å². The largest absolute Gasteiger partial charge is 0.319 e. The first kappa shape index (κ1) is 13.6. The van der Waals surface area contributed by atoms with Gasteiger partial charge in [-0.2, -0.15) is 5.26 Å². The maximum Gasteiger partial charge on any atom is 0.275 e. The highest BCUT2D eigenvalue weighted by Gasteiger charge is 2.13. The number of hydrogen-bond donors (Lipinski definition) is 1. The molecule has 1 aromatic heterocycles. The molecule has 0 saturated heterocycles. The molecule has 0 aliphatic carbocycles. The van der Waals surface area contributed by atoms with Crippen LogP contribution >= 0.6 is 0 Å². The van der Waals surface area contributed by atoms with Gasteiger partial charge in [-0.1, -0.05) is 18.2 Å². The van der Waals surface area contributed by atoms with Crippen molar-refractivity contribution in [3.8, 4) is 6.07 Å². The van der Waals surface area contributed by atoms with E-state index in [9.17, 15) is 9.18 Å². The maximum atomic E-state index is 13.5. The lowest BCUT2D eigenvalue weighted by molar-refractivity contribution is 0.102. The van der Waals surface area contributed by atoms with Crippen molar-refractivity contribution in [3.63, 3.8) is 0 Å². The Hall–Kier alpha value is -3.33. The predicted molar refractivity (Wildman–Crippen MR) is 78.6 cm³/mol. The van der Waals surface area contributed by atoms with E-state index in [0.717, 1.165) is 6.07 Å². The van der Waals surface area contributed by atoms with E-state index in [1.165, 1.54) is 18.3 Å². The van der Waals surface area contributed by atoms with Gasteiger partial charge >= 0.3 is 0 Å². The molecule has 3 aromatic rings. The molecule has 0 aliphatic rings. The molecule has 1 N–H and O–H groups in total. The third kappa shape index (κ3) is 2.47. The Morgan fingerprint density at radius 1 is 1.14 bits per heavy atom. The van der Waals surface area contributed by atoms with E-state index in [1.807, 2.05) is 6.07 Å². The van der Waals surface area contributed by atoms with Crippen LogP contribution in [0.5, 0.6) is 0 Å². The minimum absolute atomic E-state index is 0.0897. The van der Waals surface area contributed by atoms with Gasteiger partial charge in [0.15, 0.2) is 0 Å². The Bertz CT molecular complexity index is 917. The lowest BCUT2D eigenvalue weighted by atomic mass is 10.2. The first-order chi connectivity index (χ1) is 10.7. The fourth-order valence-electron chi connectivity index (χ4n) is 1.99. The number of nitrogens with one attached hydrogen (secondary N) is 1. The van der Waals surface area contributed by atoms with E-state index in [4.69, 9.17) is 5.26 Å². The molecule has 22 heavy (non-hydrogen) atoms. The number of fused-ring (bicyclic) bond motifs is 1. The number of nitrogens with zero attached hydrogens (tertiary/aromatic N) is 3. The maximum absolute atomic E-state index is 13.5. The van der Waals surface area contributed by atoms with Crippen LogP contribution in [-0.4, -0.2) is 15.9 Å². The van der Waals surface area contributed by atoms with Gasteiger partial charge in [-0.05, 0) is 24.3 Å². The van der Waals surface area contributed by atoms with Crippen molar-refractivity contribution in [1.82, 2.24) is 9.97 Å². The number of para-hydroxylation sites is 2. The van der Waals surface area contributed by atoms with Crippen molar-refractivity contribution in [2.45, 2.75) is 0 Å². The first-order valence-corrected chi connectivity index (χ1v) is 6.41. The molecule has 0 saturated carbocycles. The molecule has 106 valence electrons. The summed E-state index contributed by atoms with van der Waals surface area (Å²) in [5.74, 6) is -1.25. The summed E-state index contributed by atoms with van der Waals surface area (Å²) >= 11 is 0. The molecule has 0 atom stereocenters. The van der Waals surface area contributed by atoms with Crippen molar-refractivity contribution in [1.29, 1.82) is 5.26 Å². The molecule has 1 amide bonds. The monoisotopic (exact) mass is 292 g/mol.